The van der Waals surface area contributed by atoms with Gasteiger partial charge in [0.05, 0.1) is 0 Å². The van der Waals surface area contributed by atoms with Crippen LogP contribution in [0.2, 0.25) is 0 Å². The van der Waals surface area contributed by atoms with Crippen molar-refractivity contribution in [3.63, 3.8) is 0 Å². The van der Waals surface area contributed by atoms with E-state index < -0.39 is 0 Å². The molecule has 0 spiro atoms. The standard InChI is InChI=1S/C6H5Br.CH3NO/c7-6-4-2-1-3-5-6;2-1-3/h1-5H;1H,(H2,2,3). The third-order valence-corrected chi connectivity index (χ3v) is 1.26. The Balaban J connectivity index is 0.000000236. The van der Waals surface area contributed by atoms with Crippen LogP contribution in [0.25, 0.3) is 0 Å². The third-order valence-electron chi connectivity index (χ3n) is 0.733. The second-order valence-electron chi connectivity index (χ2n) is 1.43. The zero-order valence-electron chi connectivity index (χ0n) is 5.33. The summed E-state index contributed by atoms with van der Waals surface area (Å²) in [4.78, 5) is 8.58. The summed E-state index contributed by atoms with van der Waals surface area (Å²) < 4.78 is 1.13. The highest BCUT2D eigenvalue weighted by atomic mass is 79.9. The van der Waals surface area contributed by atoms with Gasteiger partial charge in [-0.1, -0.05) is 34.1 Å². The summed E-state index contributed by atoms with van der Waals surface area (Å²) in [5, 5.41) is 0. The molecule has 2 nitrogen and oxygen atoms in total. The fraction of sp³-hybridized carbons (Fsp3) is 0. The molecule has 0 atom stereocenters. The minimum absolute atomic E-state index is 0.250. The summed E-state index contributed by atoms with van der Waals surface area (Å²) in [6.45, 7) is 0. The lowest BCUT2D eigenvalue weighted by atomic mass is 10.4. The first kappa shape index (κ1) is 9.17. The van der Waals surface area contributed by atoms with E-state index in [0.717, 1.165) is 4.47 Å². The van der Waals surface area contributed by atoms with Crippen molar-refractivity contribution in [2.24, 2.45) is 5.73 Å². The van der Waals surface area contributed by atoms with Crippen molar-refractivity contribution < 1.29 is 4.79 Å². The maximum Gasteiger partial charge on any atom is 0.204 e. The molecule has 1 aromatic rings. The molecule has 0 aromatic heterocycles. The fourth-order valence-electron chi connectivity index (χ4n) is 0.415. The van der Waals surface area contributed by atoms with Gasteiger partial charge in [0.15, 0.2) is 0 Å². The molecule has 54 valence electrons. The van der Waals surface area contributed by atoms with Crippen molar-refractivity contribution in [2.75, 3.05) is 0 Å². The normalized spacial score (nSPS) is 7.30. The van der Waals surface area contributed by atoms with E-state index in [9.17, 15) is 0 Å². The summed E-state index contributed by atoms with van der Waals surface area (Å²) >= 11 is 3.31. The Bertz CT molecular complexity index is 176. The number of carbonyl (C=O) groups is 1. The first-order valence-corrected chi connectivity index (χ1v) is 3.46. The van der Waals surface area contributed by atoms with Crippen LogP contribution in [0.4, 0.5) is 0 Å². The van der Waals surface area contributed by atoms with Crippen LogP contribution in [0.1, 0.15) is 0 Å². The Morgan fingerprint density at radius 2 is 1.70 bits per heavy atom. The van der Waals surface area contributed by atoms with Crippen molar-refractivity contribution >= 4 is 22.3 Å². The van der Waals surface area contributed by atoms with Gasteiger partial charge in [0, 0.05) is 4.47 Å². The van der Waals surface area contributed by atoms with E-state index in [0.29, 0.717) is 0 Å². The van der Waals surface area contributed by atoms with E-state index in [1.807, 2.05) is 30.3 Å². The highest BCUT2D eigenvalue weighted by Gasteiger charge is 1.74. The van der Waals surface area contributed by atoms with Gasteiger partial charge in [0.25, 0.3) is 0 Å². The van der Waals surface area contributed by atoms with Crippen LogP contribution in [0.15, 0.2) is 34.8 Å². The van der Waals surface area contributed by atoms with E-state index in [1.165, 1.54) is 0 Å². The average Bonchev–Trinajstić information content (AvgIpc) is 1.91. The average molecular weight is 202 g/mol. The number of carbonyl (C=O) groups excluding carboxylic acids is 1. The Kier molecular flexibility index (Phi) is 5.77. The number of halogens is 1. The number of benzene rings is 1. The molecule has 0 aliphatic rings. The van der Waals surface area contributed by atoms with Gasteiger partial charge >= 0.3 is 0 Å². The SMILES string of the molecule is Brc1ccccc1.NC=O. The zero-order valence-corrected chi connectivity index (χ0v) is 6.91. The van der Waals surface area contributed by atoms with Gasteiger partial charge in [-0.25, -0.2) is 0 Å². The van der Waals surface area contributed by atoms with E-state index in [2.05, 4.69) is 21.7 Å². The van der Waals surface area contributed by atoms with Crippen LogP contribution >= 0.6 is 15.9 Å². The molecule has 0 fully saturated rings. The van der Waals surface area contributed by atoms with Crippen molar-refractivity contribution in [1.29, 1.82) is 0 Å². The summed E-state index contributed by atoms with van der Waals surface area (Å²) in [5.41, 5.74) is 4.17. The second-order valence-corrected chi connectivity index (χ2v) is 2.35. The molecule has 0 bridgehead atoms. The molecule has 3 heteroatoms. The molecule has 0 aliphatic heterocycles. The number of amides is 1. The van der Waals surface area contributed by atoms with Gasteiger partial charge in [-0.15, -0.1) is 0 Å². The summed E-state index contributed by atoms with van der Waals surface area (Å²) in [6, 6.07) is 9.97. The van der Waals surface area contributed by atoms with E-state index in [-0.39, 0.29) is 6.41 Å². The molecule has 0 aliphatic carbocycles. The summed E-state index contributed by atoms with van der Waals surface area (Å²) in [5.74, 6) is 0. The van der Waals surface area contributed by atoms with E-state index in [1.54, 1.807) is 0 Å². The van der Waals surface area contributed by atoms with Crippen LogP contribution in [0.3, 0.4) is 0 Å². The predicted octanol–water partition coefficient (Wildman–Crippen LogP) is 1.55. The van der Waals surface area contributed by atoms with Gasteiger partial charge < -0.3 is 5.73 Å². The summed E-state index contributed by atoms with van der Waals surface area (Å²) in [7, 11) is 0. The van der Waals surface area contributed by atoms with Crippen molar-refractivity contribution in [3.05, 3.63) is 34.8 Å². The lowest BCUT2D eigenvalue weighted by Gasteiger charge is -1.80. The molecule has 10 heavy (non-hydrogen) atoms. The number of primary amides is 1. The van der Waals surface area contributed by atoms with Crippen LogP contribution in [0.5, 0.6) is 0 Å². The third kappa shape index (κ3) is 5.31. The molecule has 1 aromatic carbocycles. The Labute approximate surface area is 68.2 Å². The Morgan fingerprint density at radius 3 is 1.90 bits per heavy atom. The highest BCUT2D eigenvalue weighted by molar-refractivity contribution is 9.10. The molecule has 2 N–H and O–H groups in total. The second kappa shape index (κ2) is 6.29. The number of nitrogens with two attached hydrogens (primary N) is 1. The molecule has 0 radical (unpaired) electrons. The molecule has 1 amide bonds. The molecule has 0 saturated heterocycles. The maximum atomic E-state index is 8.58. The maximum absolute atomic E-state index is 8.58. The largest absolute Gasteiger partial charge is 0.372 e. The van der Waals surface area contributed by atoms with Gasteiger partial charge in [-0.3, -0.25) is 4.79 Å². The van der Waals surface area contributed by atoms with Crippen molar-refractivity contribution in [3.8, 4) is 0 Å². The molecule has 0 unspecified atom stereocenters. The topological polar surface area (TPSA) is 43.1 Å². The van der Waals surface area contributed by atoms with Crippen molar-refractivity contribution in [1.82, 2.24) is 0 Å². The highest BCUT2D eigenvalue weighted by Crippen LogP contribution is 2.05. The molecular weight excluding hydrogens is 194 g/mol. The van der Waals surface area contributed by atoms with Crippen LogP contribution < -0.4 is 5.73 Å². The molecule has 0 saturated carbocycles. The molecular formula is C7H8BrNO. The zero-order chi connectivity index (χ0) is 7.82. The van der Waals surface area contributed by atoms with Crippen LogP contribution in [-0.4, -0.2) is 6.41 Å². The fourth-order valence-corrected chi connectivity index (χ4v) is 0.720. The summed E-state index contributed by atoms with van der Waals surface area (Å²) in [6.07, 6.45) is 0.250. The van der Waals surface area contributed by atoms with Crippen LogP contribution in [-0.2, 0) is 4.79 Å². The minimum atomic E-state index is 0.250. The quantitative estimate of drug-likeness (QED) is 0.637. The predicted molar refractivity (Wildman–Crippen MR) is 44.4 cm³/mol. The number of rotatable bonds is 0. The smallest absolute Gasteiger partial charge is 0.204 e. The monoisotopic (exact) mass is 201 g/mol. The van der Waals surface area contributed by atoms with Gasteiger partial charge in [0.1, 0.15) is 0 Å². The number of hydrogen-bond acceptors (Lipinski definition) is 1. The molecule has 1 rings (SSSR count). The molecule has 0 heterocycles. The van der Waals surface area contributed by atoms with Gasteiger partial charge in [-0.05, 0) is 12.1 Å². The van der Waals surface area contributed by atoms with E-state index in [4.69, 9.17) is 4.79 Å². The van der Waals surface area contributed by atoms with E-state index >= 15 is 0 Å². The van der Waals surface area contributed by atoms with Crippen molar-refractivity contribution in [2.45, 2.75) is 0 Å². The van der Waals surface area contributed by atoms with Gasteiger partial charge in [-0.2, -0.15) is 0 Å². The Hall–Kier alpha value is -0.830. The lowest BCUT2D eigenvalue weighted by Crippen LogP contribution is -1.82. The lowest BCUT2D eigenvalue weighted by molar-refractivity contribution is -0.106. The van der Waals surface area contributed by atoms with Crippen LogP contribution in [0, 0.1) is 0 Å². The minimum Gasteiger partial charge on any atom is -0.372 e. The Morgan fingerprint density at radius 1 is 1.30 bits per heavy atom. The first-order valence-electron chi connectivity index (χ1n) is 2.67. The van der Waals surface area contributed by atoms with Gasteiger partial charge in [0.2, 0.25) is 6.41 Å². The first-order chi connectivity index (χ1) is 4.81. The number of hydrogen-bond donors (Lipinski definition) is 1.